The summed E-state index contributed by atoms with van der Waals surface area (Å²) < 4.78 is 36.6. The molecule has 11 heteroatoms. The predicted octanol–water partition coefficient (Wildman–Crippen LogP) is 1.79. The molecule has 2 rings (SSSR count). The lowest BCUT2D eigenvalue weighted by atomic mass is 10.2. The van der Waals surface area contributed by atoms with E-state index >= 15 is 0 Å². The van der Waals surface area contributed by atoms with Crippen molar-refractivity contribution in [1.82, 2.24) is 9.71 Å². The first kappa shape index (κ1) is 21.8. The summed E-state index contributed by atoms with van der Waals surface area (Å²) >= 11 is 1.27. The Morgan fingerprint density at radius 2 is 2.04 bits per heavy atom. The number of nitrogens with one attached hydrogen (secondary N) is 1. The van der Waals surface area contributed by atoms with Crippen LogP contribution in [0.15, 0.2) is 28.5 Å². The van der Waals surface area contributed by atoms with Gasteiger partial charge in [0.1, 0.15) is 17.3 Å². The third-order valence-corrected chi connectivity index (χ3v) is 6.12. The van der Waals surface area contributed by atoms with E-state index in [2.05, 4.69) is 9.71 Å². The normalized spacial score (nSPS) is 11.1. The molecule has 9 nitrogen and oxygen atoms in total. The highest BCUT2D eigenvalue weighted by molar-refractivity contribution is 7.89. The molecule has 1 N–H and O–H groups in total. The molecule has 0 unspecified atom stereocenters. The summed E-state index contributed by atoms with van der Waals surface area (Å²) in [5.74, 6) is -0.723. The van der Waals surface area contributed by atoms with Crippen LogP contribution in [0, 0.1) is 0 Å². The Hall–Kier alpha value is -2.50. The number of anilines is 1. The van der Waals surface area contributed by atoms with Crippen LogP contribution in [0.5, 0.6) is 5.75 Å². The third-order valence-electron chi connectivity index (χ3n) is 3.78. The van der Waals surface area contributed by atoms with Gasteiger partial charge in [0.25, 0.3) is 0 Å². The molecule has 1 amide bonds. The van der Waals surface area contributed by atoms with Crippen molar-refractivity contribution in [2.45, 2.75) is 25.3 Å². The highest BCUT2D eigenvalue weighted by Gasteiger charge is 2.21. The molecule has 0 aliphatic heterocycles. The van der Waals surface area contributed by atoms with Crippen LogP contribution < -0.4 is 14.4 Å². The Morgan fingerprint density at radius 3 is 2.61 bits per heavy atom. The summed E-state index contributed by atoms with van der Waals surface area (Å²) in [6.07, 6.45) is 0. The molecule has 2 aromatic rings. The smallest absolute Gasteiger partial charge is 0.338 e. The minimum absolute atomic E-state index is 0.0593. The first-order chi connectivity index (χ1) is 13.2. The quantitative estimate of drug-likeness (QED) is 0.639. The Balaban J connectivity index is 2.15. The zero-order valence-corrected chi connectivity index (χ0v) is 17.5. The van der Waals surface area contributed by atoms with Crippen LogP contribution in [0.25, 0.3) is 0 Å². The van der Waals surface area contributed by atoms with Crippen LogP contribution >= 0.6 is 11.3 Å². The first-order valence-electron chi connectivity index (χ1n) is 8.24. The summed E-state index contributed by atoms with van der Waals surface area (Å²) in [6, 6.07) is 3.98. The second-order valence-corrected chi connectivity index (χ2v) is 8.23. The van der Waals surface area contributed by atoms with Crippen LogP contribution in [0.3, 0.4) is 0 Å². The number of hydrogen-bond acceptors (Lipinski definition) is 8. The van der Waals surface area contributed by atoms with E-state index in [-0.39, 0.29) is 28.7 Å². The van der Waals surface area contributed by atoms with Gasteiger partial charge in [0.2, 0.25) is 15.9 Å². The van der Waals surface area contributed by atoms with E-state index in [0.717, 1.165) is 0 Å². The van der Waals surface area contributed by atoms with Crippen molar-refractivity contribution in [3.8, 4) is 5.75 Å². The van der Waals surface area contributed by atoms with E-state index in [1.54, 1.807) is 5.38 Å². The maximum Gasteiger partial charge on any atom is 0.338 e. The number of thiazole rings is 1. The van der Waals surface area contributed by atoms with E-state index in [1.807, 2.05) is 6.92 Å². The largest absolute Gasteiger partial charge is 0.495 e. The Kier molecular flexibility index (Phi) is 7.11. The lowest BCUT2D eigenvalue weighted by Gasteiger charge is -2.14. The van der Waals surface area contributed by atoms with Gasteiger partial charge in [-0.3, -0.25) is 9.69 Å². The van der Waals surface area contributed by atoms with Gasteiger partial charge in [-0.1, -0.05) is 0 Å². The van der Waals surface area contributed by atoms with Crippen molar-refractivity contribution in [3.63, 3.8) is 0 Å². The van der Waals surface area contributed by atoms with E-state index in [4.69, 9.17) is 9.47 Å². The van der Waals surface area contributed by atoms with Crippen LogP contribution in [0.4, 0.5) is 5.13 Å². The summed E-state index contributed by atoms with van der Waals surface area (Å²) in [7, 11) is -1.21. The maximum atomic E-state index is 12.3. The van der Waals surface area contributed by atoms with Gasteiger partial charge in [0.15, 0.2) is 5.13 Å². The Morgan fingerprint density at radius 1 is 1.32 bits per heavy atom. The maximum absolute atomic E-state index is 12.3. The first-order valence-corrected chi connectivity index (χ1v) is 10.6. The molecular weight excluding hydrogens is 406 g/mol. The number of nitrogens with zero attached hydrogens (tertiary/aromatic N) is 2. The molecular formula is C17H21N3O6S2. The third kappa shape index (κ3) is 4.86. The molecule has 0 atom stereocenters. The van der Waals surface area contributed by atoms with Crippen molar-refractivity contribution >= 4 is 38.4 Å². The van der Waals surface area contributed by atoms with Gasteiger partial charge in [-0.25, -0.2) is 22.9 Å². The molecule has 0 fully saturated rings. The van der Waals surface area contributed by atoms with E-state index < -0.39 is 16.0 Å². The molecule has 1 heterocycles. The number of ether oxygens (including phenoxy) is 2. The fourth-order valence-corrected chi connectivity index (χ4v) is 4.16. The lowest BCUT2D eigenvalue weighted by molar-refractivity contribution is -0.116. The Bertz CT molecular complexity index is 971. The van der Waals surface area contributed by atoms with Gasteiger partial charge in [-0.2, -0.15) is 0 Å². The summed E-state index contributed by atoms with van der Waals surface area (Å²) in [6.45, 7) is 3.66. The molecule has 0 aliphatic carbocycles. The highest BCUT2D eigenvalue weighted by Crippen LogP contribution is 2.25. The molecule has 152 valence electrons. The fraction of sp³-hybridized carbons (Fsp3) is 0.353. The van der Waals surface area contributed by atoms with Gasteiger partial charge in [0.05, 0.1) is 18.4 Å². The van der Waals surface area contributed by atoms with Crippen LogP contribution in [-0.2, 0) is 26.2 Å². The number of sulfonamides is 1. The van der Waals surface area contributed by atoms with Gasteiger partial charge in [0, 0.05) is 18.8 Å². The summed E-state index contributed by atoms with van der Waals surface area (Å²) in [5, 5.41) is 2.21. The number of amides is 1. The average molecular weight is 428 g/mol. The van der Waals surface area contributed by atoms with E-state index in [9.17, 15) is 18.0 Å². The van der Waals surface area contributed by atoms with Crippen LogP contribution in [-0.4, -0.2) is 46.0 Å². The number of aromatic nitrogens is 1. The molecule has 0 spiro atoms. The molecule has 0 saturated carbocycles. The number of methoxy groups -OCH3 is 1. The lowest BCUT2D eigenvalue weighted by Crippen LogP contribution is -2.27. The second-order valence-electron chi connectivity index (χ2n) is 5.53. The number of hydrogen-bond donors (Lipinski definition) is 1. The minimum atomic E-state index is -3.81. The molecule has 0 radical (unpaired) electrons. The zero-order valence-electron chi connectivity index (χ0n) is 15.9. The zero-order chi connectivity index (χ0) is 20.9. The van der Waals surface area contributed by atoms with Gasteiger partial charge >= 0.3 is 5.97 Å². The molecule has 28 heavy (non-hydrogen) atoms. The van der Waals surface area contributed by atoms with Gasteiger partial charge < -0.3 is 9.47 Å². The van der Waals surface area contributed by atoms with Gasteiger partial charge in [-0.05, 0) is 32.2 Å². The standard InChI is InChI=1S/C17H21N3O6S2/c1-5-20(11(2)21)17-19-13(10-27-17)9-26-16(22)12-6-7-14(25-4)15(8-12)28(23,24)18-3/h6-8,10,18H,5,9H2,1-4H3. The number of carbonyl (C=O) groups is 2. The predicted molar refractivity (Wildman–Crippen MR) is 104 cm³/mol. The molecule has 1 aromatic carbocycles. The van der Waals surface area contributed by atoms with Crippen molar-refractivity contribution < 1.29 is 27.5 Å². The molecule has 0 aliphatic rings. The van der Waals surface area contributed by atoms with Crippen LogP contribution in [0.1, 0.15) is 29.9 Å². The average Bonchev–Trinajstić information content (AvgIpc) is 3.14. The van der Waals surface area contributed by atoms with Crippen molar-refractivity contribution in [3.05, 3.63) is 34.8 Å². The van der Waals surface area contributed by atoms with Crippen molar-refractivity contribution in [2.24, 2.45) is 0 Å². The SMILES string of the molecule is CCN(C(C)=O)c1nc(COC(=O)c2ccc(OC)c(S(=O)(=O)NC)c2)cs1. The topological polar surface area (TPSA) is 115 Å². The Labute approximate surface area is 167 Å². The summed E-state index contributed by atoms with van der Waals surface area (Å²) in [5.41, 5.74) is 0.550. The highest BCUT2D eigenvalue weighted by atomic mass is 32.2. The molecule has 0 bridgehead atoms. The molecule has 1 aromatic heterocycles. The van der Waals surface area contributed by atoms with Crippen LogP contribution in [0.2, 0.25) is 0 Å². The fourth-order valence-electron chi connectivity index (χ4n) is 2.33. The number of carbonyl (C=O) groups excluding carboxylic acids is 2. The second kappa shape index (κ2) is 9.13. The summed E-state index contributed by atoms with van der Waals surface area (Å²) in [4.78, 5) is 29.5. The number of esters is 1. The minimum Gasteiger partial charge on any atom is -0.495 e. The van der Waals surface area contributed by atoms with E-state index in [0.29, 0.717) is 17.4 Å². The van der Waals surface area contributed by atoms with E-state index in [1.165, 1.54) is 55.5 Å². The number of rotatable bonds is 8. The number of benzene rings is 1. The van der Waals surface area contributed by atoms with Crippen molar-refractivity contribution in [1.29, 1.82) is 0 Å². The van der Waals surface area contributed by atoms with Crippen molar-refractivity contribution in [2.75, 3.05) is 25.6 Å². The van der Waals surface area contributed by atoms with Gasteiger partial charge in [-0.15, -0.1) is 11.3 Å². The monoisotopic (exact) mass is 427 g/mol. The molecule has 0 saturated heterocycles.